The molecule has 0 radical (unpaired) electrons. The average Bonchev–Trinajstić information content (AvgIpc) is 4.20. The molecule has 65 heavy (non-hydrogen) atoms. The Balaban J connectivity index is 0.854. The molecule has 0 saturated carbocycles. The van der Waals surface area contributed by atoms with E-state index in [1.165, 1.54) is 7.11 Å². The molecule has 15 heteroatoms. The van der Waals surface area contributed by atoms with E-state index in [0.717, 1.165) is 75.0 Å². The highest BCUT2D eigenvalue weighted by atomic mass is 16.5. The summed E-state index contributed by atoms with van der Waals surface area (Å²) in [7, 11) is 1.28. The van der Waals surface area contributed by atoms with E-state index >= 15 is 0 Å². The summed E-state index contributed by atoms with van der Waals surface area (Å²) in [6, 6.07) is 32.2. The van der Waals surface area contributed by atoms with Crippen LogP contribution in [0.4, 0.5) is 9.59 Å². The first kappa shape index (κ1) is 41.1. The van der Waals surface area contributed by atoms with Crippen LogP contribution in [0.15, 0.2) is 122 Å². The Labute approximate surface area is 373 Å². The summed E-state index contributed by atoms with van der Waals surface area (Å²) in [4.78, 5) is 71.7. The molecule has 0 spiro atoms. The fourth-order valence-electron chi connectivity index (χ4n) is 9.56. The van der Waals surface area contributed by atoms with E-state index in [9.17, 15) is 24.3 Å². The number of fused-ring (bicyclic) bond motifs is 5. The molecule has 328 valence electrons. The highest BCUT2D eigenvalue weighted by Crippen LogP contribution is 2.44. The van der Waals surface area contributed by atoms with Crippen LogP contribution in [0.5, 0.6) is 5.75 Å². The maximum atomic E-state index is 14.0. The normalized spacial score (nSPS) is 17.4. The number of carboxylic acid groups (broad SMARTS) is 1. The minimum atomic E-state index is -1.26. The fourth-order valence-corrected chi connectivity index (χ4v) is 9.56. The lowest BCUT2D eigenvalue weighted by atomic mass is 9.92. The number of nitrogens with zero attached hydrogens (tertiary/aromatic N) is 4. The van der Waals surface area contributed by atoms with Crippen molar-refractivity contribution in [3.05, 3.63) is 150 Å². The van der Waals surface area contributed by atoms with Crippen LogP contribution in [0.2, 0.25) is 0 Å². The van der Waals surface area contributed by atoms with Crippen molar-refractivity contribution < 1.29 is 33.8 Å². The third-order valence-corrected chi connectivity index (χ3v) is 12.7. The van der Waals surface area contributed by atoms with E-state index in [-0.39, 0.29) is 23.9 Å². The molecule has 4 amide bonds. The standard InChI is InChI=1S/C50H46N8O7/c1-64-50(63)56-43(30-12-6-3-7-13-30)48(60)58-23-9-15-41(58)46-51-26-38(53-46)32-18-20-36-31(24-32)16-21-37-35-19-17-33(25-34(35)28-65-44(36)37)39-27-52-45(54-39)40-14-8-22-57(40)47(59)42(55-49(61)62)29-10-4-2-5-11-29/h2-7,10-13,16-21,24-27,40-43,55H,8-9,14-15,22-23,28H2,1H3,(H,51,53)(H,52,54)(H,56,63)(H,61,62). The van der Waals surface area contributed by atoms with E-state index in [0.29, 0.717) is 48.9 Å². The van der Waals surface area contributed by atoms with Gasteiger partial charge in [0.15, 0.2) is 0 Å². The summed E-state index contributed by atoms with van der Waals surface area (Å²) in [6.45, 7) is 1.41. The molecular weight excluding hydrogens is 825 g/mol. The summed E-state index contributed by atoms with van der Waals surface area (Å²) in [5.74, 6) is 1.62. The van der Waals surface area contributed by atoms with Crippen LogP contribution in [-0.4, -0.2) is 79.0 Å². The first-order chi connectivity index (χ1) is 31.7. The number of amides is 4. The Morgan fingerprint density at radius 2 is 1.26 bits per heavy atom. The molecule has 4 unspecified atom stereocenters. The van der Waals surface area contributed by atoms with Gasteiger partial charge in [-0.25, -0.2) is 19.6 Å². The first-order valence-corrected chi connectivity index (χ1v) is 21.7. The fraction of sp³-hybridized carbons (Fsp3) is 0.240. The highest BCUT2D eigenvalue weighted by molar-refractivity contribution is 5.98. The van der Waals surface area contributed by atoms with Crippen LogP contribution >= 0.6 is 0 Å². The SMILES string of the molecule is COC(=O)NC(C(=O)N1CCCC1c1ncc(-c2ccc3c4c(ccc3c2)-c2ccc(-c3cnc(C5CCCN5C(=O)C(NC(=O)O)c5ccccc5)[nH]3)cc2CO4)[nH]1)c1ccccc1. The van der Waals surface area contributed by atoms with Gasteiger partial charge in [-0.15, -0.1) is 0 Å². The Bertz CT molecular complexity index is 2930. The van der Waals surface area contributed by atoms with Crippen LogP contribution in [-0.2, 0) is 20.9 Å². The Kier molecular flexibility index (Phi) is 10.9. The molecule has 5 heterocycles. The molecule has 3 aliphatic rings. The summed E-state index contributed by atoms with van der Waals surface area (Å²) in [6.07, 6.45) is 4.66. The number of methoxy groups -OCH3 is 1. The van der Waals surface area contributed by atoms with Crippen molar-refractivity contribution in [3.63, 3.8) is 0 Å². The number of hydrogen-bond acceptors (Lipinski definition) is 8. The van der Waals surface area contributed by atoms with Gasteiger partial charge in [0.2, 0.25) is 0 Å². The maximum Gasteiger partial charge on any atom is 0.407 e. The number of benzene rings is 5. The van der Waals surface area contributed by atoms with Crippen molar-refractivity contribution in [2.24, 2.45) is 0 Å². The predicted octanol–water partition coefficient (Wildman–Crippen LogP) is 8.61. The van der Waals surface area contributed by atoms with Gasteiger partial charge in [-0.05, 0) is 77.1 Å². The van der Waals surface area contributed by atoms with Crippen LogP contribution in [0, 0.1) is 0 Å². The van der Waals surface area contributed by atoms with Crippen LogP contribution < -0.4 is 15.4 Å². The van der Waals surface area contributed by atoms with Crippen molar-refractivity contribution >= 4 is 34.8 Å². The molecule has 5 N–H and O–H groups in total. The largest absolute Gasteiger partial charge is 0.488 e. The molecule has 5 aromatic carbocycles. The van der Waals surface area contributed by atoms with Crippen LogP contribution in [0.25, 0.3) is 44.4 Å². The summed E-state index contributed by atoms with van der Waals surface area (Å²) in [5, 5.41) is 16.7. The van der Waals surface area contributed by atoms with Gasteiger partial charge in [0.25, 0.3) is 11.8 Å². The predicted molar refractivity (Wildman–Crippen MR) is 241 cm³/mol. The molecule has 2 saturated heterocycles. The molecule has 2 aromatic heterocycles. The first-order valence-electron chi connectivity index (χ1n) is 21.7. The number of alkyl carbamates (subject to hydrolysis) is 1. The van der Waals surface area contributed by atoms with E-state index in [1.54, 1.807) is 46.5 Å². The maximum absolute atomic E-state index is 14.0. The molecule has 2 fully saturated rings. The monoisotopic (exact) mass is 870 g/mol. The van der Waals surface area contributed by atoms with Crippen molar-refractivity contribution in [2.75, 3.05) is 20.2 Å². The molecule has 0 bridgehead atoms. The number of hydrogen-bond donors (Lipinski definition) is 5. The molecule has 3 aliphatic heterocycles. The quantitative estimate of drug-likeness (QED) is 0.0895. The zero-order valence-electron chi connectivity index (χ0n) is 35.5. The number of aromatic amines is 2. The smallest absolute Gasteiger partial charge is 0.407 e. The second kappa shape index (κ2) is 17.3. The minimum Gasteiger partial charge on any atom is -0.488 e. The summed E-state index contributed by atoms with van der Waals surface area (Å²) < 4.78 is 11.3. The zero-order valence-corrected chi connectivity index (χ0v) is 35.5. The molecule has 7 aromatic rings. The summed E-state index contributed by atoms with van der Waals surface area (Å²) >= 11 is 0. The molecule has 0 aliphatic carbocycles. The number of imidazole rings is 2. The van der Waals surface area contributed by atoms with Crippen molar-refractivity contribution in [1.29, 1.82) is 0 Å². The van der Waals surface area contributed by atoms with Gasteiger partial charge in [0.05, 0.1) is 43.0 Å². The van der Waals surface area contributed by atoms with Gasteiger partial charge in [-0.3, -0.25) is 9.59 Å². The Morgan fingerprint density at radius 3 is 1.85 bits per heavy atom. The Hall–Kier alpha value is -7.94. The Morgan fingerprint density at radius 1 is 0.708 bits per heavy atom. The molecular formula is C50H46N8O7. The van der Waals surface area contributed by atoms with Gasteiger partial charge in [-0.1, -0.05) is 91.0 Å². The van der Waals surface area contributed by atoms with Gasteiger partial charge in [0, 0.05) is 29.6 Å². The number of ether oxygens (including phenoxy) is 2. The summed E-state index contributed by atoms with van der Waals surface area (Å²) in [5.41, 5.74) is 7.88. The minimum absolute atomic E-state index is 0.223. The third kappa shape index (κ3) is 7.89. The number of carbonyl (C=O) groups excluding carboxylic acids is 3. The van der Waals surface area contributed by atoms with Crippen LogP contribution in [0.3, 0.4) is 0 Å². The van der Waals surface area contributed by atoms with Crippen molar-refractivity contribution in [2.45, 2.75) is 56.5 Å². The number of H-pyrrole nitrogens is 2. The van der Waals surface area contributed by atoms with Crippen LogP contribution in [0.1, 0.15) is 78.2 Å². The topological polar surface area (TPSA) is 195 Å². The van der Waals surface area contributed by atoms with Crippen molar-refractivity contribution in [3.8, 4) is 39.4 Å². The second-order valence-corrected chi connectivity index (χ2v) is 16.6. The van der Waals surface area contributed by atoms with Gasteiger partial charge < -0.3 is 45.0 Å². The number of rotatable bonds is 10. The lowest BCUT2D eigenvalue weighted by Gasteiger charge is -2.28. The number of carbonyl (C=O) groups is 4. The van der Waals surface area contributed by atoms with E-state index in [2.05, 4.69) is 63.1 Å². The highest BCUT2D eigenvalue weighted by Gasteiger charge is 2.38. The average molecular weight is 871 g/mol. The lowest BCUT2D eigenvalue weighted by molar-refractivity contribution is -0.135. The van der Waals surface area contributed by atoms with Crippen molar-refractivity contribution in [1.82, 2.24) is 40.4 Å². The number of likely N-dealkylation sites (tertiary alicyclic amines) is 2. The second-order valence-electron chi connectivity index (χ2n) is 16.6. The molecule has 15 nitrogen and oxygen atoms in total. The number of nitrogens with one attached hydrogen (secondary N) is 4. The van der Waals surface area contributed by atoms with Gasteiger partial charge in [0.1, 0.15) is 36.1 Å². The zero-order chi connectivity index (χ0) is 44.6. The number of aromatic nitrogens is 4. The van der Waals surface area contributed by atoms with E-state index < -0.39 is 24.3 Å². The van der Waals surface area contributed by atoms with Gasteiger partial charge >= 0.3 is 12.2 Å². The van der Waals surface area contributed by atoms with E-state index in [4.69, 9.17) is 19.4 Å². The third-order valence-electron chi connectivity index (χ3n) is 12.7. The lowest BCUT2D eigenvalue weighted by Crippen LogP contribution is -2.42. The van der Waals surface area contributed by atoms with E-state index in [1.807, 2.05) is 42.5 Å². The molecule has 10 rings (SSSR count). The molecule has 4 atom stereocenters. The van der Waals surface area contributed by atoms with Gasteiger partial charge in [-0.2, -0.15) is 0 Å².